The number of hydrogen-bond acceptors (Lipinski definition) is 1. The second-order valence-corrected chi connectivity index (χ2v) is 8.69. The van der Waals surface area contributed by atoms with Gasteiger partial charge in [-0.3, -0.25) is 0 Å². The molecule has 2 aromatic carbocycles. The molecule has 30 heavy (non-hydrogen) atoms. The van der Waals surface area contributed by atoms with Gasteiger partial charge in [-0.1, -0.05) is 70.4 Å². The molecule has 4 heteroatoms. The van der Waals surface area contributed by atoms with Crippen LogP contribution in [0.2, 0.25) is 0 Å². The Kier molecular flexibility index (Phi) is 8.24. The van der Waals surface area contributed by atoms with Crippen molar-refractivity contribution in [3.63, 3.8) is 0 Å². The average molecular weight is 419 g/mol. The molecular formula is C26H33F3O. The summed E-state index contributed by atoms with van der Waals surface area (Å²) in [5.74, 6) is 1.13. The number of hydrogen-bond donors (Lipinski definition) is 0. The molecule has 0 aliphatic heterocycles. The lowest BCUT2D eigenvalue weighted by molar-refractivity contribution is -0.185. The normalized spacial score (nSPS) is 19.6. The highest BCUT2D eigenvalue weighted by molar-refractivity contribution is 5.28. The Balaban J connectivity index is 1.45. The molecule has 0 saturated heterocycles. The van der Waals surface area contributed by atoms with Crippen molar-refractivity contribution in [3.05, 3.63) is 65.5 Å². The van der Waals surface area contributed by atoms with Crippen LogP contribution in [0.3, 0.4) is 0 Å². The molecule has 0 aromatic heterocycles. The molecular weight excluding hydrogens is 385 g/mol. The summed E-state index contributed by atoms with van der Waals surface area (Å²) in [6.45, 7) is 2.25. The average Bonchev–Trinajstić information content (AvgIpc) is 2.75. The van der Waals surface area contributed by atoms with Gasteiger partial charge < -0.3 is 4.74 Å². The first kappa shape index (κ1) is 22.7. The third kappa shape index (κ3) is 6.78. The van der Waals surface area contributed by atoms with Crippen LogP contribution in [0.4, 0.5) is 13.2 Å². The molecule has 1 nitrogen and oxygen atoms in total. The fourth-order valence-electron chi connectivity index (χ4n) is 4.44. The van der Waals surface area contributed by atoms with Crippen molar-refractivity contribution in [2.75, 3.05) is 0 Å². The van der Waals surface area contributed by atoms with Gasteiger partial charge in [0.2, 0.25) is 0 Å². The van der Waals surface area contributed by atoms with E-state index in [1.807, 2.05) is 0 Å². The van der Waals surface area contributed by atoms with Gasteiger partial charge in [0, 0.05) is 0 Å². The van der Waals surface area contributed by atoms with E-state index in [-0.39, 0.29) is 11.3 Å². The number of benzene rings is 2. The van der Waals surface area contributed by atoms with Crippen molar-refractivity contribution in [1.82, 2.24) is 0 Å². The molecule has 2 aromatic rings. The zero-order valence-corrected chi connectivity index (χ0v) is 17.9. The van der Waals surface area contributed by atoms with Crippen LogP contribution in [0, 0.1) is 17.7 Å². The van der Waals surface area contributed by atoms with Gasteiger partial charge in [-0.2, -0.15) is 8.78 Å². The van der Waals surface area contributed by atoms with Crippen LogP contribution in [0.25, 0.3) is 0 Å². The van der Waals surface area contributed by atoms with E-state index in [1.165, 1.54) is 75.6 Å². The van der Waals surface area contributed by atoms with Crippen LogP contribution in [0.5, 0.6) is 5.75 Å². The third-order valence-corrected chi connectivity index (χ3v) is 6.37. The Labute approximate surface area is 178 Å². The number of halogens is 3. The quantitative estimate of drug-likeness (QED) is 0.353. The van der Waals surface area contributed by atoms with Crippen LogP contribution < -0.4 is 4.74 Å². The summed E-state index contributed by atoms with van der Waals surface area (Å²) in [5.41, 5.74) is 0.893. The summed E-state index contributed by atoms with van der Waals surface area (Å²) in [7, 11) is 0. The monoisotopic (exact) mass is 418 g/mol. The number of ether oxygens (including phenoxy) is 1. The maximum absolute atomic E-state index is 14.4. The zero-order valence-electron chi connectivity index (χ0n) is 17.9. The zero-order chi connectivity index (χ0) is 21.4. The smallest absolute Gasteiger partial charge is 0.426 e. The van der Waals surface area contributed by atoms with Crippen LogP contribution in [-0.2, 0) is 12.5 Å². The van der Waals surface area contributed by atoms with Crippen LogP contribution in [0.15, 0.2) is 48.5 Å². The molecule has 0 spiro atoms. The Morgan fingerprint density at radius 2 is 1.43 bits per heavy atom. The molecule has 0 unspecified atom stereocenters. The Morgan fingerprint density at radius 3 is 2.03 bits per heavy atom. The van der Waals surface area contributed by atoms with E-state index in [4.69, 9.17) is 4.74 Å². The predicted molar refractivity (Wildman–Crippen MR) is 115 cm³/mol. The summed E-state index contributed by atoms with van der Waals surface area (Å²) in [4.78, 5) is 0. The molecule has 0 bridgehead atoms. The first-order chi connectivity index (χ1) is 14.5. The first-order valence-electron chi connectivity index (χ1n) is 11.4. The minimum Gasteiger partial charge on any atom is -0.429 e. The summed E-state index contributed by atoms with van der Waals surface area (Å²) in [5, 5.41) is 0. The molecule has 1 aliphatic carbocycles. The molecule has 1 saturated carbocycles. The number of rotatable bonds is 10. The van der Waals surface area contributed by atoms with Crippen molar-refractivity contribution in [3.8, 4) is 5.75 Å². The van der Waals surface area contributed by atoms with Crippen LogP contribution in [-0.4, -0.2) is 0 Å². The van der Waals surface area contributed by atoms with E-state index in [2.05, 4.69) is 6.92 Å². The SMILES string of the molecule is CCCCC[C@H]1CC[C@H](CCc2ccc(C(F)(F)Oc3ccc(F)cc3)cc2)CC1. The first-order valence-corrected chi connectivity index (χ1v) is 11.4. The topological polar surface area (TPSA) is 9.23 Å². The molecule has 1 fully saturated rings. The second-order valence-electron chi connectivity index (χ2n) is 8.69. The van der Waals surface area contributed by atoms with E-state index in [0.29, 0.717) is 0 Å². The van der Waals surface area contributed by atoms with E-state index >= 15 is 0 Å². The lowest BCUT2D eigenvalue weighted by atomic mass is 9.78. The predicted octanol–water partition coefficient (Wildman–Crippen LogP) is 8.27. The summed E-state index contributed by atoms with van der Waals surface area (Å²) in [6, 6.07) is 11.0. The summed E-state index contributed by atoms with van der Waals surface area (Å²) >= 11 is 0. The van der Waals surface area contributed by atoms with Crippen LogP contribution in [0.1, 0.15) is 75.8 Å². The Morgan fingerprint density at radius 1 is 0.833 bits per heavy atom. The highest BCUT2D eigenvalue weighted by Crippen LogP contribution is 2.35. The second kappa shape index (κ2) is 10.9. The lowest BCUT2D eigenvalue weighted by Gasteiger charge is -2.28. The van der Waals surface area contributed by atoms with Crippen molar-refractivity contribution < 1.29 is 17.9 Å². The maximum atomic E-state index is 14.4. The van der Waals surface area contributed by atoms with Gasteiger partial charge in [-0.05, 0) is 66.6 Å². The van der Waals surface area contributed by atoms with E-state index in [0.717, 1.165) is 42.4 Å². The van der Waals surface area contributed by atoms with Gasteiger partial charge >= 0.3 is 6.11 Å². The molecule has 1 aliphatic rings. The van der Waals surface area contributed by atoms with Gasteiger partial charge in [0.15, 0.2) is 0 Å². The van der Waals surface area contributed by atoms with Crippen molar-refractivity contribution in [2.24, 2.45) is 11.8 Å². The molecule has 0 N–H and O–H groups in total. The van der Waals surface area contributed by atoms with E-state index < -0.39 is 11.9 Å². The van der Waals surface area contributed by atoms with E-state index in [9.17, 15) is 13.2 Å². The van der Waals surface area contributed by atoms with E-state index in [1.54, 1.807) is 12.1 Å². The highest BCUT2D eigenvalue weighted by atomic mass is 19.3. The van der Waals surface area contributed by atoms with Gasteiger partial charge in [-0.25, -0.2) is 4.39 Å². The van der Waals surface area contributed by atoms with Crippen molar-refractivity contribution >= 4 is 0 Å². The fourth-order valence-corrected chi connectivity index (χ4v) is 4.44. The largest absolute Gasteiger partial charge is 0.429 e. The number of unbranched alkanes of at least 4 members (excludes halogenated alkanes) is 2. The number of alkyl halides is 2. The fraction of sp³-hybridized carbons (Fsp3) is 0.538. The van der Waals surface area contributed by atoms with Crippen molar-refractivity contribution in [2.45, 2.75) is 77.2 Å². The summed E-state index contributed by atoms with van der Waals surface area (Å²) in [6.07, 6.45) is 9.30. The van der Waals surface area contributed by atoms with Gasteiger partial charge in [0.1, 0.15) is 11.6 Å². The Bertz CT molecular complexity index is 747. The Hall–Kier alpha value is -1.97. The third-order valence-electron chi connectivity index (χ3n) is 6.37. The standard InChI is InChI=1S/C26H33F3O/c1-2-3-4-5-20-6-8-21(9-7-20)10-11-22-12-14-23(15-13-22)26(28,29)30-25-18-16-24(27)17-19-25/h12-21H,2-11H2,1H3/t20-,21-. The van der Waals surface area contributed by atoms with Gasteiger partial charge in [0.25, 0.3) is 0 Å². The maximum Gasteiger partial charge on any atom is 0.426 e. The molecule has 0 atom stereocenters. The molecule has 164 valence electrons. The lowest BCUT2D eigenvalue weighted by Crippen LogP contribution is -2.21. The minimum atomic E-state index is -3.45. The van der Waals surface area contributed by atoms with Gasteiger partial charge in [0.05, 0.1) is 5.56 Å². The summed E-state index contributed by atoms with van der Waals surface area (Å²) < 4.78 is 46.5. The van der Waals surface area contributed by atoms with Crippen LogP contribution >= 0.6 is 0 Å². The van der Waals surface area contributed by atoms with Gasteiger partial charge in [-0.15, -0.1) is 0 Å². The minimum absolute atomic E-state index is 0.0595. The molecule has 0 radical (unpaired) electrons. The highest BCUT2D eigenvalue weighted by Gasteiger charge is 2.34. The molecule has 3 rings (SSSR count). The van der Waals surface area contributed by atoms with Crippen molar-refractivity contribution in [1.29, 1.82) is 0 Å². The molecule has 0 heterocycles. The number of aryl methyl sites for hydroxylation is 1. The molecule has 0 amide bonds.